The Kier molecular flexibility index (Phi) is 8.43. The molecule has 0 aliphatic heterocycles. The van der Waals surface area contributed by atoms with Gasteiger partial charge in [-0.25, -0.2) is 4.39 Å². The molecule has 0 amide bonds. The van der Waals surface area contributed by atoms with E-state index in [1.165, 1.54) is 51.0 Å². The maximum Gasteiger partial charge on any atom is 0.200 e. The van der Waals surface area contributed by atoms with E-state index in [1.807, 2.05) is 0 Å². The highest BCUT2D eigenvalue weighted by atomic mass is 19.2. The monoisotopic (exact) mass is 350 g/mol. The van der Waals surface area contributed by atoms with Crippen molar-refractivity contribution in [3.63, 3.8) is 0 Å². The quantitative estimate of drug-likeness (QED) is 0.443. The third-order valence-corrected chi connectivity index (χ3v) is 5.27. The van der Waals surface area contributed by atoms with Gasteiger partial charge in [-0.15, -0.1) is 0 Å². The minimum absolute atomic E-state index is 0.000810. The van der Waals surface area contributed by atoms with E-state index >= 15 is 0 Å². The minimum Gasteiger partial charge on any atom is -0.491 e. The summed E-state index contributed by atoms with van der Waals surface area (Å²) in [6, 6.07) is 3.16. The molecule has 0 spiro atoms. The second-order valence-corrected chi connectivity index (χ2v) is 7.17. The fourth-order valence-electron chi connectivity index (χ4n) is 3.72. The van der Waals surface area contributed by atoms with Gasteiger partial charge < -0.3 is 4.74 Å². The molecule has 0 radical (unpaired) electrons. The van der Waals surface area contributed by atoms with Crippen LogP contribution in [0.25, 0.3) is 0 Å². The SMILES string of the molecule is CCCCC1CCC(/C=C/CCc2ccc(OCC)c(F)c2F)CC1. The molecule has 3 heteroatoms. The lowest BCUT2D eigenvalue weighted by molar-refractivity contribution is 0.290. The van der Waals surface area contributed by atoms with Crippen LogP contribution in [0, 0.1) is 23.5 Å². The van der Waals surface area contributed by atoms with Crippen LogP contribution < -0.4 is 4.74 Å². The Morgan fingerprint density at radius 3 is 2.52 bits per heavy atom. The number of halogens is 2. The number of aryl methyl sites for hydroxylation is 1. The molecule has 1 nitrogen and oxygen atoms in total. The first-order valence-corrected chi connectivity index (χ1v) is 9.92. The predicted octanol–water partition coefficient (Wildman–Crippen LogP) is 6.85. The molecular formula is C22H32F2O. The molecule has 0 unspecified atom stereocenters. The van der Waals surface area contributed by atoms with Crippen molar-refractivity contribution in [3.05, 3.63) is 41.5 Å². The van der Waals surface area contributed by atoms with Crippen molar-refractivity contribution in [2.24, 2.45) is 11.8 Å². The van der Waals surface area contributed by atoms with Gasteiger partial charge in [0.15, 0.2) is 11.6 Å². The van der Waals surface area contributed by atoms with E-state index in [1.54, 1.807) is 13.0 Å². The molecule has 0 aromatic heterocycles. The molecule has 0 bridgehead atoms. The Labute approximate surface area is 151 Å². The zero-order chi connectivity index (χ0) is 18.1. The summed E-state index contributed by atoms with van der Waals surface area (Å²) in [5.74, 6) is -0.0473. The van der Waals surface area contributed by atoms with Crippen LogP contribution in [0.2, 0.25) is 0 Å². The molecule has 1 fully saturated rings. The van der Waals surface area contributed by atoms with Gasteiger partial charge in [0.25, 0.3) is 0 Å². The molecule has 1 saturated carbocycles. The third kappa shape index (κ3) is 6.13. The second-order valence-electron chi connectivity index (χ2n) is 7.17. The number of hydrogen-bond donors (Lipinski definition) is 0. The molecular weight excluding hydrogens is 318 g/mol. The summed E-state index contributed by atoms with van der Waals surface area (Å²) in [6.45, 7) is 4.35. The highest BCUT2D eigenvalue weighted by molar-refractivity contribution is 5.31. The van der Waals surface area contributed by atoms with Crippen molar-refractivity contribution in [2.75, 3.05) is 6.61 Å². The average Bonchev–Trinajstić information content (AvgIpc) is 2.63. The van der Waals surface area contributed by atoms with Crippen LogP contribution in [0.5, 0.6) is 5.75 Å². The number of unbranched alkanes of at least 4 members (excludes halogenated alkanes) is 1. The normalized spacial score (nSPS) is 21.0. The van der Waals surface area contributed by atoms with Gasteiger partial charge in [-0.1, -0.05) is 44.4 Å². The number of benzene rings is 1. The van der Waals surface area contributed by atoms with Gasteiger partial charge in [-0.05, 0) is 68.9 Å². The van der Waals surface area contributed by atoms with E-state index in [9.17, 15) is 8.78 Å². The van der Waals surface area contributed by atoms with Gasteiger partial charge >= 0.3 is 0 Å². The summed E-state index contributed by atoms with van der Waals surface area (Å²) >= 11 is 0. The van der Waals surface area contributed by atoms with E-state index < -0.39 is 11.6 Å². The van der Waals surface area contributed by atoms with Crippen molar-refractivity contribution < 1.29 is 13.5 Å². The van der Waals surface area contributed by atoms with Crippen LogP contribution >= 0.6 is 0 Å². The summed E-state index contributed by atoms with van der Waals surface area (Å²) in [4.78, 5) is 0. The van der Waals surface area contributed by atoms with Crippen LogP contribution in [-0.4, -0.2) is 6.61 Å². The molecule has 140 valence electrons. The predicted molar refractivity (Wildman–Crippen MR) is 100.0 cm³/mol. The Morgan fingerprint density at radius 2 is 1.84 bits per heavy atom. The zero-order valence-electron chi connectivity index (χ0n) is 15.7. The fraction of sp³-hybridized carbons (Fsp3) is 0.636. The summed E-state index contributed by atoms with van der Waals surface area (Å²) in [5.41, 5.74) is 0.425. The summed E-state index contributed by atoms with van der Waals surface area (Å²) < 4.78 is 33.0. The lowest BCUT2D eigenvalue weighted by Gasteiger charge is -2.26. The number of ether oxygens (including phenoxy) is 1. The lowest BCUT2D eigenvalue weighted by atomic mass is 9.79. The topological polar surface area (TPSA) is 9.23 Å². The highest BCUT2D eigenvalue weighted by Crippen LogP contribution is 2.32. The van der Waals surface area contributed by atoms with E-state index in [2.05, 4.69) is 19.1 Å². The maximum absolute atomic E-state index is 14.0. The smallest absolute Gasteiger partial charge is 0.200 e. The zero-order valence-corrected chi connectivity index (χ0v) is 15.7. The van der Waals surface area contributed by atoms with E-state index in [-0.39, 0.29) is 5.75 Å². The first-order chi connectivity index (χ1) is 12.2. The van der Waals surface area contributed by atoms with Gasteiger partial charge in [-0.3, -0.25) is 0 Å². The Hall–Kier alpha value is -1.38. The van der Waals surface area contributed by atoms with Gasteiger partial charge in [0.2, 0.25) is 5.82 Å². The summed E-state index contributed by atoms with van der Waals surface area (Å²) in [5, 5.41) is 0. The van der Waals surface area contributed by atoms with E-state index in [4.69, 9.17) is 4.74 Å². The third-order valence-electron chi connectivity index (χ3n) is 5.27. The standard InChI is InChI=1S/C22H32F2O/c1-3-5-8-17-11-13-18(14-12-17)9-6-7-10-19-15-16-20(25-4-2)22(24)21(19)23/h6,9,15-18H,3-5,7-8,10-14H2,1-2H3/b9-6+. The largest absolute Gasteiger partial charge is 0.491 e. The first-order valence-electron chi connectivity index (χ1n) is 9.92. The van der Waals surface area contributed by atoms with Crippen LogP contribution in [0.3, 0.4) is 0 Å². The average molecular weight is 350 g/mol. The van der Waals surface area contributed by atoms with E-state index in [0.29, 0.717) is 24.5 Å². The van der Waals surface area contributed by atoms with Crippen LogP contribution in [0.15, 0.2) is 24.3 Å². The van der Waals surface area contributed by atoms with Crippen LogP contribution in [0.1, 0.15) is 70.8 Å². The van der Waals surface area contributed by atoms with Crippen LogP contribution in [-0.2, 0) is 6.42 Å². The molecule has 1 aliphatic carbocycles. The summed E-state index contributed by atoms with van der Waals surface area (Å²) in [7, 11) is 0. The molecule has 1 aliphatic rings. The molecule has 25 heavy (non-hydrogen) atoms. The number of allylic oxidation sites excluding steroid dienone is 2. The van der Waals surface area contributed by atoms with Crippen molar-refractivity contribution in [1.29, 1.82) is 0 Å². The molecule has 1 aromatic carbocycles. The van der Waals surface area contributed by atoms with Crippen molar-refractivity contribution >= 4 is 0 Å². The molecule has 0 atom stereocenters. The molecule has 0 heterocycles. The van der Waals surface area contributed by atoms with Gasteiger partial charge in [0, 0.05) is 0 Å². The Balaban J connectivity index is 1.76. The van der Waals surface area contributed by atoms with Crippen molar-refractivity contribution in [3.8, 4) is 5.75 Å². The molecule has 0 N–H and O–H groups in total. The maximum atomic E-state index is 14.0. The van der Waals surface area contributed by atoms with Gasteiger partial charge in [0.1, 0.15) is 0 Å². The number of rotatable bonds is 9. The van der Waals surface area contributed by atoms with Gasteiger partial charge in [-0.2, -0.15) is 4.39 Å². The Morgan fingerprint density at radius 1 is 1.08 bits per heavy atom. The van der Waals surface area contributed by atoms with Crippen molar-refractivity contribution in [2.45, 2.75) is 71.6 Å². The number of hydrogen-bond acceptors (Lipinski definition) is 1. The molecule has 1 aromatic rings. The first kappa shape index (κ1) is 19.9. The van der Waals surface area contributed by atoms with Crippen molar-refractivity contribution in [1.82, 2.24) is 0 Å². The molecule has 0 saturated heterocycles. The Bertz CT molecular complexity index is 545. The lowest BCUT2D eigenvalue weighted by Crippen LogP contribution is -2.12. The van der Waals surface area contributed by atoms with E-state index in [0.717, 1.165) is 12.3 Å². The van der Waals surface area contributed by atoms with Crippen LogP contribution in [0.4, 0.5) is 8.78 Å². The second kappa shape index (κ2) is 10.6. The highest BCUT2D eigenvalue weighted by Gasteiger charge is 2.19. The minimum atomic E-state index is -0.867. The summed E-state index contributed by atoms with van der Waals surface area (Å²) in [6.07, 6.45) is 15.0. The van der Waals surface area contributed by atoms with Gasteiger partial charge in [0.05, 0.1) is 6.61 Å². The fourth-order valence-corrected chi connectivity index (χ4v) is 3.72. The molecule has 2 rings (SSSR count).